The van der Waals surface area contributed by atoms with Crippen LogP contribution in [0.15, 0.2) is 0 Å². The number of carbonyl (C=O) groups excluding carboxylic acids is 2. The molecule has 0 aromatic rings. The van der Waals surface area contributed by atoms with Crippen molar-refractivity contribution in [2.45, 2.75) is 40.1 Å². The largest absolute Gasteiger partial charge is 0.425 e. The van der Waals surface area contributed by atoms with Gasteiger partial charge in [0, 0.05) is 12.5 Å². The molecule has 0 fully saturated rings. The Hall–Kier alpha value is -1.19. The van der Waals surface area contributed by atoms with Crippen LogP contribution in [0.4, 0.5) is 4.79 Å². The highest BCUT2D eigenvalue weighted by Gasteiger charge is 2.24. The van der Waals surface area contributed by atoms with Crippen molar-refractivity contribution in [3.05, 3.63) is 0 Å². The third-order valence-electron chi connectivity index (χ3n) is 2.29. The van der Waals surface area contributed by atoms with Crippen LogP contribution >= 0.6 is 0 Å². The van der Waals surface area contributed by atoms with E-state index in [1.807, 2.05) is 0 Å². The van der Waals surface area contributed by atoms with Crippen LogP contribution < -0.4 is 5.32 Å². The van der Waals surface area contributed by atoms with Gasteiger partial charge in [-0.3, -0.25) is 4.79 Å². The zero-order valence-corrected chi connectivity index (χ0v) is 13.4. The molecule has 0 spiro atoms. The zero-order chi connectivity index (χ0) is 16.6. The summed E-state index contributed by atoms with van der Waals surface area (Å²) < 4.78 is 29.0. The van der Waals surface area contributed by atoms with Gasteiger partial charge in [-0.25, -0.2) is 9.00 Å². The summed E-state index contributed by atoms with van der Waals surface area (Å²) in [5.74, 6) is -1.46. The highest BCUT2D eigenvalue weighted by atomic mass is 32.2. The van der Waals surface area contributed by atoms with Gasteiger partial charge in [0.2, 0.25) is 0 Å². The van der Waals surface area contributed by atoms with E-state index in [2.05, 4.69) is 5.32 Å². The Morgan fingerprint density at radius 3 is 2.19 bits per heavy atom. The van der Waals surface area contributed by atoms with Crippen LogP contribution in [0.25, 0.3) is 0 Å². The van der Waals surface area contributed by atoms with E-state index in [1.54, 1.807) is 27.7 Å². The lowest BCUT2D eigenvalue weighted by Crippen LogP contribution is -2.39. The quantitative estimate of drug-likeness (QED) is 0.337. The number of aliphatic hydroxyl groups is 1. The Kier molecular flexibility index (Phi) is 9.14. The molecule has 21 heavy (non-hydrogen) atoms. The van der Waals surface area contributed by atoms with Crippen LogP contribution in [0.5, 0.6) is 0 Å². The average molecular weight is 325 g/mol. The first-order valence-electron chi connectivity index (χ1n) is 6.54. The van der Waals surface area contributed by atoms with Gasteiger partial charge in [0.1, 0.15) is 0 Å². The van der Waals surface area contributed by atoms with E-state index >= 15 is 0 Å². The van der Waals surface area contributed by atoms with E-state index in [4.69, 9.17) is 14.0 Å². The summed E-state index contributed by atoms with van der Waals surface area (Å²) in [5, 5.41) is 11.5. The molecule has 1 unspecified atom stereocenters. The number of aliphatic hydroxyl groups excluding tert-OH is 1. The molecule has 1 amide bonds. The fourth-order valence-corrected chi connectivity index (χ4v) is 1.57. The SMILES string of the molecule is CC(C)C(=O)O[C@@H](OC(=O)NC[C@H](O)CS(=O)O)C(C)C. The molecule has 8 nitrogen and oxygen atoms in total. The Labute approximate surface area is 126 Å². The monoisotopic (exact) mass is 325 g/mol. The molecule has 3 N–H and O–H groups in total. The second-order valence-electron chi connectivity index (χ2n) is 5.13. The van der Waals surface area contributed by atoms with Crippen LogP contribution in [-0.4, -0.2) is 50.6 Å². The van der Waals surface area contributed by atoms with Crippen molar-refractivity contribution < 1.29 is 32.9 Å². The van der Waals surface area contributed by atoms with E-state index in [0.717, 1.165) is 0 Å². The summed E-state index contributed by atoms with van der Waals surface area (Å²) in [6.45, 7) is 6.51. The van der Waals surface area contributed by atoms with E-state index in [1.165, 1.54) is 0 Å². The number of carbonyl (C=O) groups is 2. The molecule has 0 aromatic heterocycles. The fourth-order valence-electron chi connectivity index (χ4n) is 1.12. The first kappa shape index (κ1) is 19.8. The topological polar surface area (TPSA) is 122 Å². The molecule has 0 heterocycles. The summed E-state index contributed by atoms with van der Waals surface area (Å²) in [4.78, 5) is 23.0. The number of esters is 1. The molecule has 0 rings (SSSR count). The van der Waals surface area contributed by atoms with Crippen LogP contribution in [0, 0.1) is 11.8 Å². The van der Waals surface area contributed by atoms with Gasteiger partial charge in [0.15, 0.2) is 11.1 Å². The van der Waals surface area contributed by atoms with E-state index < -0.39 is 35.5 Å². The van der Waals surface area contributed by atoms with Gasteiger partial charge in [-0.15, -0.1) is 0 Å². The lowest BCUT2D eigenvalue weighted by atomic mass is 10.2. The minimum absolute atomic E-state index is 0.242. The molecule has 0 radical (unpaired) electrons. The second-order valence-corrected chi connectivity index (χ2v) is 6.11. The van der Waals surface area contributed by atoms with Crippen molar-refractivity contribution >= 4 is 23.1 Å². The van der Waals surface area contributed by atoms with Crippen molar-refractivity contribution in [3.63, 3.8) is 0 Å². The molecular formula is C12H23NO7S. The van der Waals surface area contributed by atoms with Crippen molar-refractivity contribution in [1.82, 2.24) is 5.32 Å². The number of hydrogen-bond acceptors (Lipinski definition) is 6. The number of rotatable bonds is 8. The molecule has 0 saturated carbocycles. The lowest BCUT2D eigenvalue weighted by molar-refractivity contribution is -0.178. The minimum atomic E-state index is -2.15. The summed E-state index contributed by atoms with van der Waals surface area (Å²) in [6, 6.07) is 0. The number of nitrogens with one attached hydrogen (secondary N) is 1. The van der Waals surface area contributed by atoms with Crippen LogP contribution in [-0.2, 0) is 25.3 Å². The van der Waals surface area contributed by atoms with Gasteiger partial charge in [-0.2, -0.15) is 0 Å². The van der Waals surface area contributed by atoms with E-state index in [-0.39, 0.29) is 24.1 Å². The third kappa shape index (κ3) is 9.38. The van der Waals surface area contributed by atoms with Crippen molar-refractivity contribution in [1.29, 1.82) is 0 Å². The van der Waals surface area contributed by atoms with Gasteiger partial charge in [0.05, 0.1) is 17.8 Å². The van der Waals surface area contributed by atoms with Crippen molar-refractivity contribution in [2.75, 3.05) is 12.3 Å². The zero-order valence-electron chi connectivity index (χ0n) is 12.6. The average Bonchev–Trinajstić information content (AvgIpc) is 2.34. The van der Waals surface area contributed by atoms with E-state index in [0.29, 0.717) is 0 Å². The highest BCUT2D eigenvalue weighted by molar-refractivity contribution is 7.79. The predicted molar refractivity (Wildman–Crippen MR) is 75.7 cm³/mol. The van der Waals surface area contributed by atoms with Crippen LogP contribution in [0.1, 0.15) is 27.7 Å². The Morgan fingerprint density at radius 1 is 1.19 bits per heavy atom. The minimum Gasteiger partial charge on any atom is -0.425 e. The number of amides is 1. The summed E-state index contributed by atoms with van der Waals surface area (Å²) in [7, 11) is 0. The molecule has 0 aliphatic heterocycles. The maximum absolute atomic E-state index is 11.5. The first-order valence-corrected chi connectivity index (χ1v) is 7.81. The molecular weight excluding hydrogens is 302 g/mol. The Balaban J connectivity index is 4.29. The fraction of sp³-hybridized carbons (Fsp3) is 0.833. The molecule has 9 heteroatoms. The van der Waals surface area contributed by atoms with Gasteiger partial charge < -0.3 is 24.4 Å². The van der Waals surface area contributed by atoms with Gasteiger partial charge in [-0.1, -0.05) is 27.7 Å². The molecule has 124 valence electrons. The molecule has 0 aliphatic carbocycles. The number of hydrogen-bond donors (Lipinski definition) is 3. The summed E-state index contributed by atoms with van der Waals surface area (Å²) in [5.41, 5.74) is 0. The van der Waals surface area contributed by atoms with Gasteiger partial charge in [0.25, 0.3) is 6.29 Å². The molecule has 3 atom stereocenters. The molecule has 0 aliphatic rings. The molecule has 0 bridgehead atoms. The normalized spacial score (nSPS) is 15.4. The van der Waals surface area contributed by atoms with Gasteiger partial charge >= 0.3 is 12.1 Å². The van der Waals surface area contributed by atoms with Crippen LogP contribution in [0.2, 0.25) is 0 Å². The Bertz CT molecular complexity index is 373. The highest BCUT2D eigenvalue weighted by Crippen LogP contribution is 2.11. The van der Waals surface area contributed by atoms with Gasteiger partial charge in [-0.05, 0) is 0 Å². The molecule has 0 aromatic carbocycles. The summed E-state index contributed by atoms with van der Waals surface area (Å²) >= 11 is -2.15. The maximum Gasteiger partial charge on any atom is 0.410 e. The maximum atomic E-state index is 11.5. The number of alkyl carbamates (subject to hydrolysis) is 1. The Morgan fingerprint density at radius 2 is 1.76 bits per heavy atom. The van der Waals surface area contributed by atoms with Crippen LogP contribution in [0.3, 0.4) is 0 Å². The smallest absolute Gasteiger partial charge is 0.410 e. The van der Waals surface area contributed by atoms with Crippen molar-refractivity contribution in [2.24, 2.45) is 11.8 Å². The van der Waals surface area contributed by atoms with Crippen molar-refractivity contribution in [3.8, 4) is 0 Å². The second kappa shape index (κ2) is 9.69. The lowest BCUT2D eigenvalue weighted by Gasteiger charge is -2.22. The predicted octanol–water partition coefficient (Wildman–Crippen LogP) is 0.476. The standard InChI is InChI=1S/C12H23NO7S/c1-7(2)10(15)19-11(8(3)4)20-12(16)13-5-9(14)6-21(17)18/h7-9,11,14H,5-6H2,1-4H3,(H,13,16)(H,17,18)/t9-,11-/m0/s1. The summed E-state index contributed by atoms with van der Waals surface area (Å²) in [6.07, 6.45) is -3.09. The molecule has 0 saturated heterocycles. The first-order chi connectivity index (χ1) is 9.63. The number of ether oxygens (including phenoxy) is 2. The van der Waals surface area contributed by atoms with E-state index in [9.17, 15) is 18.9 Å². The third-order valence-corrected chi connectivity index (χ3v) is 2.96.